The van der Waals surface area contributed by atoms with Crippen molar-refractivity contribution in [1.82, 2.24) is 0 Å². The molecule has 0 fully saturated rings. The number of carboxylic acids is 1. The predicted octanol–water partition coefficient (Wildman–Crippen LogP) is 1.79. The van der Waals surface area contributed by atoms with E-state index in [1.54, 1.807) is 24.3 Å². The lowest BCUT2D eigenvalue weighted by molar-refractivity contribution is -0.141. The third-order valence-electron chi connectivity index (χ3n) is 1.48. The van der Waals surface area contributed by atoms with Crippen molar-refractivity contribution >= 4 is 17.6 Å². The van der Waals surface area contributed by atoms with Crippen molar-refractivity contribution in [2.24, 2.45) is 0 Å². The van der Waals surface area contributed by atoms with Crippen molar-refractivity contribution in [2.75, 3.05) is 13.2 Å². The molecule has 3 nitrogen and oxygen atoms in total. The molecule has 0 spiro atoms. The molecule has 0 heterocycles. The van der Waals surface area contributed by atoms with E-state index in [2.05, 4.69) is 11.8 Å². The van der Waals surface area contributed by atoms with Crippen molar-refractivity contribution in [3.63, 3.8) is 0 Å². The molecule has 1 aromatic carbocycles. The maximum atomic E-state index is 10.1. The van der Waals surface area contributed by atoms with E-state index >= 15 is 0 Å². The highest BCUT2D eigenvalue weighted by Gasteiger charge is 1.92. The molecule has 0 bridgehead atoms. The van der Waals surface area contributed by atoms with Gasteiger partial charge in [-0.2, -0.15) is 0 Å². The summed E-state index contributed by atoms with van der Waals surface area (Å²) in [6.45, 7) is -0.218. The number of benzene rings is 1. The average molecular weight is 225 g/mol. The van der Waals surface area contributed by atoms with Crippen LogP contribution < -0.4 is 0 Å². The van der Waals surface area contributed by atoms with Gasteiger partial charge in [-0.05, 0) is 24.3 Å². The molecule has 15 heavy (non-hydrogen) atoms. The number of rotatable bonds is 3. The van der Waals surface area contributed by atoms with Gasteiger partial charge in [0.1, 0.15) is 13.2 Å². The summed E-state index contributed by atoms with van der Waals surface area (Å²) in [5.74, 6) is 4.52. The molecule has 0 aliphatic rings. The van der Waals surface area contributed by atoms with Gasteiger partial charge in [0, 0.05) is 10.6 Å². The van der Waals surface area contributed by atoms with E-state index in [1.165, 1.54) is 0 Å². The van der Waals surface area contributed by atoms with Crippen LogP contribution in [0.3, 0.4) is 0 Å². The minimum Gasteiger partial charge on any atom is -0.480 e. The van der Waals surface area contributed by atoms with Gasteiger partial charge in [-0.1, -0.05) is 23.4 Å². The Morgan fingerprint density at radius 1 is 1.40 bits per heavy atom. The highest BCUT2D eigenvalue weighted by Crippen LogP contribution is 2.08. The summed E-state index contributed by atoms with van der Waals surface area (Å²) in [6.07, 6.45) is 0. The fourth-order valence-corrected chi connectivity index (χ4v) is 0.987. The molecule has 0 aromatic heterocycles. The Hall–Kier alpha value is -1.50. The van der Waals surface area contributed by atoms with Gasteiger partial charge in [0.25, 0.3) is 0 Å². The molecule has 0 saturated heterocycles. The van der Waals surface area contributed by atoms with Gasteiger partial charge < -0.3 is 9.84 Å². The Morgan fingerprint density at radius 2 is 2.07 bits per heavy atom. The van der Waals surface area contributed by atoms with Crippen LogP contribution in [0, 0.1) is 11.8 Å². The molecule has 0 amide bonds. The van der Waals surface area contributed by atoms with Gasteiger partial charge in [-0.15, -0.1) is 0 Å². The lowest BCUT2D eigenvalue weighted by Gasteiger charge is -1.92. The number of carboxylic acid groups (broad SMARTS) is 1. The first-order valence-corrected chi connectivity index (χ1v) is 4.60. The van der Waals surface area contributed by atoms with Crippen LogP contribution in [0.1, 0.15) is 5.56 Å². The monoisotopic (exact) mass is 224 g/mol. The Bertz CT molecular complexity index is 387. The summed E-state index contributed by atoms with van der Waals surface area (Å²) >= 11 is 5.69. The van der Waals surface area contributed by atoms with Crippen LogP contribution in [0.5, 0.6) is 0 Å². The number of hydrogen-bond acceptors (Lipinski definition) is 2. The molecular formula is C11H9ClO3. The molecule has 0 aliphatic heterocycles. The normalized spacial score (nSPS) is 9.13. The Labute approximate surface area is 92.6 Å². The maximum absolute atomic E-state index is 10.1. The number of halogens is 1. The van der Waals surface area contributed by atoms with Crippen LogP contribution in [0.2, 0.25) is 5.02 Å². The highest BCUT2D eigenvalue weighted by atomic mass is 35.5. The van der Waals surface area contributed by atoms with Gasteiger partial charge in [0.05, 0.1) is 0 Å². The summed E-state index contributed by atoms with van der Waals surface area (Å²) in [5, 5.41) is 8.93. The van der Waals surface area contributed by atoms with Crippen LogP contribution in [0.4, 0.5) is 0 Å². The van der Waals surface area contributed by atoms with Crippen LogP contribution >= 0.6 is 11.6 Å². The zero-order valence-corrected chi connectivity index (χ0v) is 8.62. The SMILES string of the molecule is O=C(O)COCC#Cc1ccc(Cl)cc1. The van der Waals surface area contributed by atoms with E-state index in [9.17, 15) is 4.79 Å². The maximum Gasteiger partial charge on any atom is 0.329 e. The second kappa shape index (κ2) is 6.07. The van der Waals surface area contributed by atoms with E-state index < -0.39 is 5.97 Å². The summed E-state index contributed by atoms with van der Waals surface area (Å²) in [4.78, 5) is 10.1. The van der Waals surface area contributed by atoms with Crippen molar-refractivity contribution in [2.45, 2.75) is 0 Å². The first-order chi connectivity index (χ1) is 7.18. The Morgan fingerprint density at radius 3 is 2.67 bits per heavy atom. The molecule has 4 heteroatoms. The molecule has 0 radical (unpaired) electrons. The van der Waals surface area contributed by atoms with Crippen molar-refractivity contribution in [1.29, 1.82) is 0 Å². The fourth-order valence-electron chi connectivity index (χ4n) is 0.861. The lowest BCUT2D eigenvalue weighted by Crippen LogP contribution is -2.06. The summed E-state index contributed by atoms with van der Waals surface area (Å²) in [7, 11) is 0. The second-order valence-electron chi connectivity index (χ2n) is 2.70. The standard InChI is InChI=1S/C11H9ClO3/c12-10-5-3-9(4-6-10)2-1-7-15-8-11(13)14/h3-6H,7-8H2,(H,13,14). The predicted molar refractivity (Wildman–Crippen MR) is 56.8 cm³/mol. The largest absolute Gasteiger partial charge is 0.480 e. The molecule has 78 valence electrons. The van der Waals surface area contributed by atoms with Gasteiger partial charge in [0.15, 0.2) is 0 Å². The highest BCUT2D eigenvalue weighted by molar-refractivity contribution is 6.30. The van der Waals surface area contributed by atoms with E-state index in [0.717, 1.165) is 5.56 Å². The molecule has 0 unspecified atom stereocenters. The smallest absolute Gasteiger partial charge is 0.329 e. The summed E-state index contributed by atoms with van der Waals surface area (Å²) < 4.78 is 4.74. The quantitative estimate of drug-likeness (QED) is 0.629. The molecule has 1 rings (SSSR count). The molecular weight excluding hydrogens is 216 g/mol. The van der Waals surface area contributed by atoms with Crippen LogP contribution in [0.25, 0.3) is 0 Å². The number of carbonyl (C=O) groups is 1. The van der Waals surface area contributed by atoms with Gasteiger partial charge in [-0.25, -0.2) is 4.79 Å². The third kappa shape index (κ3) is 5.06. The first kappa shape index (κ1) is 11.6. The van der Waals surface area contributed by atoms with E-state index in [4.69, 9.17) is 21.4 Å². The zero-order valence-electron chi connectivity index (χ0n) is 7.87. The van der Waals surface area contributed by atoms with Crippen molar-refractivity contribution in [3.8, 4) is 11.8 Å². The third-order valence-corrected chi connectivity index (χ3v) is 1.73. The van der Waals surface area contributed by atoms with Crippen LogP contribution in [-0.4, -0.2) is 24.3 Å². The Kier molecular flexibility index (Phi) is 4.69. The van der Waals surface area contributed by atoms with Gasteiger partial charge in [0.2, 0.25) is 0 Å². The zero-order chi connectivity index (χ0) is 11.1. The number of ether oxygens (including phenoxy) is 1. The molecule has 1 aromatic rings. The number of aliphatic carboxylic acids is 1. The molecule has 0 aliphatic carbocycles. The van der Waals surface area contributed by atoms with Gasteiger partial charge in [-0.3, -0.25) is 0 Å². The lowest BCUT2D eigenvalue weighted by atomic mass is 10.2. The molecule has 0 atom stereocenters. The van der Waals surface area contributed by atoms with Crippen LogP contribution in [-0.2, 0) is 9.53 Å². The molecule has 1 N–H and O–H groups in total. The topological polar surface area (TPSA) is 46.5 Å². The van der Waals surface area contributed by atoms with Crippen LogP contribution in [0.15, 0.2) is 24.3 Å². The Balaban J connectivity index is 2.38. The first-order valence-electron chi connectivity index (χ1n) is 4.22. The minimum absolute atomic E-state index is 0.106. The minimum atomic E-state index is -0.997. The fraction of sp³-hybridized carbons (Fsp3) is 0.182. The second-order valence-corrected chi connectivity index (χ2v) is 3.13. The molecule has 0 saturated carbocycles. The number of hydrogen-bond donors (Lipinski definition) is 1. The van der Waals surface area contributed by atoms with Gasteiger partial charge >= 0.3 is 5.97 Å². The van der Waals surface area contributed by atoms with E-state index in [0.29, 0.717) is 5.02 Å². The van der Waals surface area contributed by atoms with Crippen molar-refractivity contribution < 1.29 is 14.6 Å². The summed E-state index contributed by atoms with van der Waals surface area (Å²) in [5.41, 5.74) is 0.818. The summed E-state index contributed by atoms with van der Waals surface area (Å²) in [6, 6.07) is 7.05. The average Bonchev–Trinajstić information content (AvgIpc) is 2.20. The van der Waals surface area contributed by atoms with Crippen molar-refractivity contribution in [3.05, 3.63) is 34.9 Å². The van der Waals surface area contributed by atoms with E-state index in [1.807, 2.05) is 0 Å². The van der Waals surface area contributed by atoms with E-state index in [-0.39, 0.29) is 13.2 Å².